The van der Waals surface area contributed by atoms with Crippen LogP contribution in [0.15, 0.2) is 315 Å². The molecule has 2 heterocycles. The summed E-state index contributed by atoms with van der Waals surface area (Å²) in [6.07, 6.45) is 0. The van der Waals surface area contributed by atoms with Crippen LogP contribution in [-0.4, -0.2) is 6.71 Å². The highest BCUT2D eigenvalue weighted by Crippen LogP contribution is 2.52. The first-order chi connectivity index (χ1) is 38.2. The lowest BCUT2D eigenvalue weighted by Crippen LogP contribution is -2.61. The summed E-state index contributed by atoms with van der Waals surface area (Å²) in [5.41, 5.74) is 22.5. The van der Waals surface area contributed by atoms with E-state index in [-0.39, 0.29) is 6.71 Å². The van der Waals surface area contributed by atoms with E-state index in [4.69, 9.17) is 0 Å². The van der Waals surface area contributed by atoms with Gasteiger partial charge in [0.2, 0.25) is 0 Å². The SMILES string of the molecule is c1ccc(-c2ccc(N3c4ccc(-c5ccccc5)cc4B4c5ccc(N(c6ccccc6)c6ccccc6)cc5N(c5ccccc5)c5cc(C(c6ccccc6)(c6ccccc6)c6ccccc6)cc3c54)cc2)cc1. The molecule has 0 unspecified atom stereocenters. The molecule has 0 saturated carbocycles. The molecule has 0 aromatic heterocycles. The molecule has 2 aliphatic heterocycles. The van der Waals surface area contributed by atoms with Crippen LogP contribution in [0.4, 0.5) is 51.2 Å². The van der Waals surface area contributed by atoms with Crippen molar-refractivity contribution in [3.05, 3.63) is 338 Å². The Balaban J connectivity index is 1.12. The largest absolute Gasteiger partial charge is 0.311 e. The number of hydrogen-bond acceptors (Lipinski definition) is 3. The van der Waals surface area contributed by atoms with E-state index < -0.39 is 5.41 Å². The highest BCUT2D eigenvalue weighted by molar-refractivity contribution is 7.00. The fourth-order valence-corrected chi connectivity index (χ4v) is 12.4. The normalized spacial score (nSPS) is 12.3. The molecule has 0 radical (unpaired) electrons. The monoisotopic (exact) mass is 981 g/mol. The molecule has 3 nitrogen and oxygen atoms in total. The quantitative estimate of drug-likeness (QED) is 0.0944. The van der Waals surface area contributed by atoms with Crippen molar-refractivity contribution < 1.29 is 0 Å². The van der Waals surface area contributed by atoms with Crippen LogP contribution < -0.4 is 31.1 Å². The van der Waals surface area contributed by atoms with Gasteiger partial charge < -0.3 is 14.7 Å². The van der Waals surface area contributed by atoms with Crippen LogP contribution >= 0.6 is 0 Å². The fourth-order valence-electron chi connectivity index (χ4n) is 12.4. The van der Waals surface area contributed by atoms with Crippen molar-refractivity contribution >= 4 is 74.3 Å². The van der Waals surface area contributed by atoms with Gasteiger partial charge in [-0.1, -0.05) is 237 Å². The summed E-state index contributed by atoms with van der Waals surface area (Å²) in [4.78, 5) is 7.49. The van der Waals surface area contributed by atoms with Crippen LogP contribution in [0.25, 0.3) is 22.3 Å². The predicted molar refractivity (Wildman–Crippen MR) is 324 cm³/mol. The third-order valence-corrected chi connectivity index (χ3v) is 15.7. The first-order valence-electron chi connectivity index (χ1n) is 26.6. The van der Waals surface area contributed by atoms with E-state index in [2.05, 4.69) is 330 Å². The lowest BCUT2D eigenvalue weighted by atomic mass is 9.33. The van der Waals surface area contributed by atoms with Gasteiger partial charge in [0.25, 0.3) is 6.71 Å². The topological polar surface area (TPSA) is 9.72 Å². The van der Waals surface area contributed by atoms with Gasteiger partial charge >= 0.3 is 0 Å². The maximum Gasteiger partial charge on any atom is 0.252 e. The maximum atomic E-state index is 2.56. The molecule has 0 N–H and O–H groups in total. The Morgan fingerprint density at radius 2 is 0.662 bits per heavy atom. The van der Waals surface area contributed by atoms with Gasteiger partial charge in [0.05, 0.1) is 5.41 Å². The van der Waals surface area contributed by atoms with Crippen LogP contribution in [-0.2, 0) is 5.41 Å². The van der Waals surface area contributed by atoms with Crippen molar-refractivity contribution in [2.75, 3.05) is 14.7 Å². The smallest absolute Gasteiger partial charge is 0.252 e. The number of benzene rings is 12. The Morgan fingerprint density at radius 3 is 1.17 bits per heavy atom. The van der Waals surface area contributed by atoms with E-state index >= 15 is 0 Å². The molecular weight excluding hydrogens is 930 g/mol. The van der Waals surface area contributed by atoms with Gasteiger partial charge in [-0.25, -0.2) is 0 Å². The zero-order chi connectivity index (χ0) is 51.1. The molecule has 0 atom stereocenters. The Bertz CT molecular complexity index is 3870. The second-order valence-electron chi connectivity index (χ2n) is 20.0. The lowest BCUT2D eigenvalue weighted by Gasteiger charge is -2.46. The standard InChI is InChI=1S/C73H52BN3/c1-9-25-53(26-10-1)55-41-44-64(45-42-55)76-68-48-43-56(54-27-11-2-12-28-54)49-67(68)74-66-47-46-65(75(61-35-19-6-20-36-61)62-37-21-7-22-38-62)52-69(66)77(63-39-23-8-24-40-63)71-51-60(50-70(76)72(71)74)73(57-29-13-3-14-30-57,58-31-15-4-16-32-58)59-33-17-5-18-34-59/h1-52H. The van der Waals surface area contributed by atoms with Crippen LogP contribution in [0.3, 0.4) is 0 Å². The van der Waals surface area contributed by atoms with Crippen molar-refractivity contribution in [3.8, 4) is 22.3 Å². The molecule has 0 bridgehead atoms. The van der Waals surface area contributed by atoms with Crippen LogP contribution in [0.5, 0.6) is 0 Å². The molecular formula is C73H52BN3. The van der Waals surface area contributed by atoms with Gasteiger partial charge in [0.15, 0.2) is 0 Å². The Hall–Kier alpha value is -9.90. The summed E-state index contributed by atoms with van der Waals surface area (Å²) in [6, 6.07) is 116. The lowest BCUT2D eigenvalue weighted by molar-refractivity contribution is 0.745. The van der Waals surface area contributed by atoms with Crippen LogP contribution in [0.1, 0.15) is 22.3 Å². The molecule has 0 fully saturated rings. The zero-order valence-electron chi connectivity index (χ0n) is 42.4. The van der Waals surface area contributed by atoms with Crippen LogP contribution in [0, 0.1) is 0 Å². The van der Waals surface area contributed by atoms with Crippen LogP contribution in [0.2, 0.25) is 0 Å². The molecule has 0 saturated heterocycles. The Labute approximate surface area is 452 Å². The van der Waals surface area contributed by atoms with E-state index in [1.54, 1.807) is 0 Å². The van der Waals surface area contributed by atoms with Gasteiger partial charge in [0, 0.05) is 51.2 Å². The number of hydrogen-bond donors (Lipinski definition) is 0. The first-order valence-corrected chi connectivity index (χ1v) is 26.6. The molecule has 12 aromatic carbocycles. The molecule has 2 aliphatic rings. The van der Waals surface area contributed by atoms with Gasteiger partial charge in [-0.05, 0) is 140 Å². The maximum absolute atomic E-state index is 2.56. The van der Waals surface area contributed by atoms with Crippen molar-refractivity contribution in [2.24, 2.45) is 0 Å². The Morgan fingerprint density at radius 1 is 0.260 bits per heavy atom. The predicted octanol–water partition coefficient (Wildman–Crippen LogP) is 17.0. The van der Waals surface area contributed by atoms with E-state index in [0.29, 0.717) is 0 Å². The van der Waals surface area contributed by atoms with E-state index in [1.165, 1.54) is 60.9 Å². The van der Waals surface area contributed by atoms with E-state index in [0.717, 1.165) is 51.2 Å². The number of fused-ring (bicyclic) bond motifs is 4. The fraction of sp³-hybridized carbons (Fsp3) is 0.0137. The third-order valence-electron chi connectivity index (χ3n) is 15.7. The average Bonchev–Trinajstić information content (AvgIpc) is 3.69. The summed E-state index contributed by atoms with van der Waals surface area (Å²) in [6.45, 7) is -0.141. The van der Waals surface area contributed by atoms with E-state index in [9.17, 15) is 0 Å². The second-order valence-corrected chi connectivity index (χ2v) is 20.0. The molecule has 0 spiro atoms. The summed E-state index contributed by atoms with van der Waals surface area (Å²) in [5.74, 6) is 0. The minimum Gasteiger partial charge on any atom is -0.311 e. The summed E-state index contributed by atoms with van der Waals surface area (Å²) < 4.78 is 0. The number of rotatable bonds is 11. The zero-order valence-corrected chi connectivity index (χ0v) is 42.4. The third kappa shape index (κ3) is 7.84. The summed E-state index contributed by atoms with van der Waals surface area (Å²) >= 11 is 0. The molecule has 4 heteroatoms. The summed E-state index contributed by atoms with van der Waals surface area (Å²) in [5, 5.41) is 0. The second kappa shape index (κ2) is 19.4. The Kier molecular flexibility index (Phi) is 11.5. The van der Waals surface area contributed by atoms with Gasteiger partial charge in [-0.3, -0.25) is 0 Å². The molecule has 12 aromatic rings. The molecule has 0 aliphatic carbocycles. The minimum absolute atomic E-state index is 0.141. The molecule has 14 rings (SSSR count). The van der Waals surface area contributed by atoms with E-state index in [1.807, 2.05) is 0 Å². The van der Waals surface area contributed by atoms with Gasteiger partial charge in [-0.2, -0.15) is 0 Å². The average molecular weight is 982 g/mol. The first kappa shape index (κ1) is 45.7. The minimum atomic E-state index is -0.743. The highest BCUT2D eigenvalue weighted by atomic mass is 15.2. The number of nitrogens with zero attached hydrogens (tertiary/aromatic N) is 3. The van der Waals surface area contributed by atoms with Crippen molar-refractivity contribution in [2.45, 2.75) is 5.41 Å². The van der Waals surface area contributed by atoms with Gasteiger partial charge in [-0.15, -0.1) is 0 Å². The highest BCUT2D eigenvalue weighted by Gasteiger charge is 2.47. The van der Waals surface area contributed by atoms with Crippen molar-refractivity contribution in [3.63, 3.8) is 0 Å². The molecule has 77 heavy (non-hydrogen) atoms. The molecule has 0 amide bonds. The van der Waals surface area contributed by atoms with Crippen molar-refractivity contribution in [1.82, 2.24) is 0 Å². The molecule has 362 valence electrons. The number of para-hydroxylation sites is 3. The van der Waals surface area contributed by atoms with Crippen molar-refractivity contribution in [1.29, 1.82) is 0 Å². The van der Waals surface area contributed by atoms with Gasteiger partial charge in [0.1, 0.15) is 0 Å². The summed E-state index contributed by atoms with van der Waals surface area (Å²) in [7, 11) is 0. The number of anilines is 9.